The molecule has 1 N–H and O–H groups in total. The van der Waals surface area contributed by atoms with Crippen molar-refractivity contribution in [2.75, 3.05) is 0 Å². The quantitative estimate of drug-likeness (QED) is 0.805. The van der Waals surface area contributed by atoms with Crippen molar-refractivity contribution in [1.82, 2.24) is 0 Å². The minimum absolute atomic E-state index is 0.186. The van der Waals surface area contributed by atoms with Crippen molar-refractivity contribution in [2.45, 2.75) is 0 Å². The lowest BCUT2D eigenvalue weighted by atomic mass is 10.2. The third-order valence-electron chi connectivity index (χ3n) is 1.27. The highest BCUT2D eigenvalue weighted by molar-refractivity contribution is 9.13. The first-order valence-electron chi connectivity index (χ1n) is 2.91. The zero-order valence-corrected chi connectivity index (χ0v) is 9.57. The summed E-state index contributed by atoms with van der Waals surface area (Å²) < 4.78 is 1.02. The molecule has 0 saturated carbocycles. The molecule has 0 spiro atoms. The van der Waals surface area contributed by atoms with Gasteiger partial charge in [0.15, 0.2) is 0 Å². The van der Waals surface area contributed by atoms with Gasteiger partial charge in [-0.25, -0.2) is 4.79 Å². The predicted octanol–water partition coefficient (Wildman–Crippen LogP) is 3.56. The fourth-order valence-electron chi connectivity index (χ4n) is 0.691. The van der Waals surface area contributed by atoms with Crippen LogP contribution in [0.3, 0.4) is 0 Å². The van der Waals surface area contributed by atoms with Crippen molar-refractivity contribution in [3.8, 4) is 0 Å². The maximum atomic E-state index is 10.6. The average Bonchev–Trinajstić information content (AvgIpc) is 2.00. The highest BCUT2D eigenvalue weighted by Gasteiger charge is 2.12. The van der Waals surface area contributed by atoms with E-state index in [1.807, 2.05) is 0 Å². The summed E-state index contributed by atoms with van der Waals surface area (Å²) in [4.78, 5) is 10.6. The lowest BCUT2D eigenvalue weighted by Gasteiger charge is -2.02. The van der Waals surface area contributed by atoms with Crippen LogP contribution in [0.5, 0.6) is 0 Å². The zero-order valence-electron chi connectivity index (χ0n) is 5.64. The summed E-state index contributed by atoms with van der Waals surface area (Å²) in [7, 11) is 0. The highest BCUT2D eigenvalue weighted by atomic mass is 79.9. The Morgan fingerprint density at radius 2 is 1.92 bits per heavy atom. The highest BCUT2D eigenvalue weighted by Crippen LogP contribution is 2.33. The molecule has 0 atom stereocenters. The molecule has 0 aliphatic carbocycles. The summed E-state index contributed by atoms with van der Waals surface area (Å²) >= 11 is 12.0. The Bertz CT molecular complexity index is 338. The number of carbonyl (C=O) groups is 1. The number of hydrogen-bond acceptors (Lipinski definition) is 1. The molecule has 1 aromatic rings. The van der Waals surface area contributed by atoms with Gasteiger partial charge in [0.25, 0.3) is 0 Å². The summed E-state index contributed by atoms with van der Waals surface area (Å²) in [5.41, 5.74) is 0.186. The van der Waals surface area contributed by atoms with E-state index in [-0.39, 0.29) is 5.56 Å². The Morgan fingerprint density at radius 1 is 1.33 bits per heavy atom. The Morgan fingerprint density at radius 3 is 2.42 bits per heavy atom. The third-order valence-corrected chi connectivity index (χ3v) is 3.99. The van der Waals surface area contributed by atoms with E-state index in [9.17, 15) is 4.79 Å². The Balaban J connectivity index is 3.36. The van der Waals surface area contributed by atoms with Crippen LogP contribution in [0, 0.1) is 0 Å². The Kier molecular flexibility index (Phi) is 3.15. The molecule has 0 saturated heterocycles. The molecule has 0 fully saturated rings. The predicted molar refractivity (Wildman–Crippen MR) is 53.8 cm³/mol. The van der Waals surface area contributed by atoms with Gasteiger partial charge >= 0.3 is 5.97 Å². The van der Waals surface area contributed by atoms with E-state index in [0.29, 0.717) is 14.0 Å². The molecule has 0 heterocycles. The van der Waals surface area contributed by atoms with E-state index in [1.165, 1.54) is 12.1 Å². The number of benzene rings is 1. The number of halogens is 3. The lowest BCUT2D eigenvalue weighted by Crippen LogP contribution is -1.97. The van der Waals surface area contributed by atoms with Crippen LogP contribution in [0.15, 0.2) is 21.1 Å². The van der Waals surface area contributed by atoms with Gasteiger partial charge in [0.2, 0.25) is 0 Å². The summed E-state index contributed by atoms with van der Waals surface area (Å²) in [5, 5.41) is 9.17. The zero-order chi connectivity index (χ0) is 9.30. The largest absolute Gasteiger partial charge is 0.478 e. The smallest absolute Gasteiger partial charge is 0.336 e. The topological polar surface area (TPSA) is 37.3 Å². The van der Waals surface area contributed by atoms with Gasteiger partial charge in [-0.15, -0.1) is 0 Å². The summed E-state index contributed by atoms with van der Waals surface area (Å²) in [6.07, 6.45) is 0. The van der Waals surface area contributed by atoms with Crippen LogP contribution in [-0.2, 0) is 0 Å². The van der Waals surface area contributed by atoms with Gasteiger partial charge in [-0.2, -0.15) is 0 Å². The maximum Gasteiger partial charge on any atom is 0.336 e. The van der Waals surface area contributed by atoms with Crippen molar-refractivity contribution in [3.05, 3.63) is 31.7 Å². The van der Waals surface area contributed by atoms with Crippen LogP contribution in [-0.4, -0.2) is 11.1 Å². The average molecular weight is 314 g/mol. The van der Waals surface area contributed by atoms with Gasteiger partial charge in [0.1, 0.15) is 0 Å². The fourth-order valence-corrected chi connectivity index (χ4v) is 1.82. The first-order chi connectivity index (χ1) is 5.54. The van der Waals surface area contributed by atoms with Crippen LogP contribution in [0.2, 0.25) is 5.02 Å². The van der Waals surface area contributed by atoms with Crippen molar-refractivity contribution in [1.29, 1.82) is 0 Å². The van der Waals surface area contributed by atoms with Crippen molar-refractivity contribution in [2.24, 2.45) is 0 Å². The van der Waals surface area contributed by atoms with E-state index >= 15 is 0 Å². The summed E-state index contributed by atoms with van der Waals surface area (Å²) in [6, 6.07) is 2.97. The molecular formula is C7H3Br2ClO2. The molecule has 64 valence electrons. The second-order valence-electron chi connectivity index (χ2n) is 2.03. The van der Waals surface area contributed by atoms with Crippen molar-refractivity contribution < 1.29 is 9.90 Å². The Labute approximate surface area is 90.8 Å². The van der Waals surface area contributed by atoms with Gasteiger partial charge in [-0.05, 0) is 44.0 Å². The molecule has 0 bridgehead atoms. The van der Waals surface area contributed by atoms with E-state index < -0.39 is 5.97 Å². The lowest BCUT2D eigenvalue weighted by molar-refractivity contribution is 0.0696. The van der Waals surface area contributed by atoms with Crippen LogP contribution in [0.1, 0.15) is 10.4 Å². The summed E-state index contributed by atoms with van der Waals surface area (Å²) in [6.45, 7) is 0. The molecule has 0 aliphatic heterocycles. The van der Waals surface area contributed by atoms with Gasteiger partial charge in [-0.1, -0.05) is 11.6 Å². The molecule has 0 unspecified atom stereocenters. The van der Waals surface area contributed by atoms with Gasteiger partial charge in [0.05, 0.1) is 15.1 Å². The molecule has 0 aromatic heterocycles. The summed E-state index contributed by atoms with van der Waals surface area (Å²) in [5.74, 6) is -0.987. The molecule has 1 rings (SSSR count). The van der Waals surface area contributed by atoms with Crippen molar-refractivity contribution >= 4 is 49.4 Å². The normalized spacial score (nSPS) is 9.92. The van der Waals surface area contributed by atoms with Gasteiger partial charge in [0, 0.05) is 4.47 Å². The molecule has 0 aliphatic rings. The van der Waals surface area contributed by atoms with Crippen LogP contribution < -0.4 is 0 Å². The van der Waals surface area contributed by atoms with Gasteiger partial charge < -0.3 is 5.11 Å². The molecule has 5 heteroatoms. The maximum absolute atomic E-state index is 10.6. The second-order valence-corrected chi connectivity index (χ2v) is 4.02. The first-order valence-corrected chi connectivity index (χ1v) is 4.87. The fraction of sp³-hybridized carbons (Fsp3) is 0. The number of rotatable bonds is 1. The van der Waals surface area contributed by atoms with E-state index in [4.69, 9.17) is 16.7 Å². The standard InChI is InChI=1S/C7H3Br2ClO2/c8-5-3(7(11)12)1-2-4(10)6(5)9/h1-2H,(H,11,12). The monoisotopic (exact) mass is 312 g/mol. The second kappa shape index (κ2) is 3.77. The van der Waals surface area contributed by atoms with Crippen LogP contribution in [0.4, 0.5) is 0 Å². The van der Waals surface area contributed by atoms with E-state index in [1.54, 1.807) is 0 Å². The van der Waals surface area contributed by atoms with E-state index in [0.717, 1.165) is 0 Å². The third kappa shape index (κ3) is 1.81. The Hall–Kier alpha value is -0.0600. The number of aromatic carboxylic acids is 1. The molecule has 2 nitrogen and oxygen atoms in total. The number of carboxylic acids is 1. The molecular weight excluding hydrogens is 311 g/mol. The van der Waals surface area contributed by atoms with Crippen LogP contribution in [0.25, 0.3) is 0 Å². The molecule has 1 aromatic carbocycles. The minimum atomic E-state index is -0.987. The number of carboxylic acid groups (broad SMARTS) is 1. The first kappa shape index (κ1) is 10.0. The van der Waals surface area contributed by atoms with E-state index in [2.05, 4.69) is 31.9 Å². The minimum Gasteiger partial charge on any atom is -0.478 e. The molecule has 12 heavy (non-hydrogen) atoms. The van der Waals surface area contributed by atoms with Gasteiger partial charge in [-0.3, -0.25) is 0 Å². The molecule has 0 radical (unpaired) electrons. The molecule has 0 amide bonds. The van der Waals surface area contributed by atoms with Crippen molar-refractivity contribution in [3.63, 3.8) is 0 Å². The van der Waals surface area contributed by atoms with Crippen LogP contribution >= 0.6 is 43.5 Å². The SMILES string of the molecule is O=C(O)c1ccc(Cl)c(Br)c1Br. The number of hydrogen-bond donors (Lipinski definition) is 1.